The zero-order valence-corrected chi connectivity index (χ0v) is 9.72. The molecule has 5 heteroatoms. The summed E-state index contributed by atoms with van der Waals surface area (Å²) in [7, 11) is 1.57. The average molecular weight is 215 g/mol. The van der Waals surface area contributed by atoms with Gasteiger partial charge < -0.3 is 10.6 Å². The van der Waals surface area contributed by atoms with E-state index in [2.05, 4.69) is 22.9 Å². The summed E-state index contributed by atoms with van der Waals surface area (Å²) in [6, 6.07) is -0.341. The lowest BCUT2D eigenvalue weighted by molar-refractivity contribution is -0.123. The molecule has 0 saturated heterocycles. The first-order chi connectivity index (χ1) is 7.11. The van der Waals surface area contributed by atoms with Crippen molar-refractivity contribution in [1.82, 2.24) is 16.0 Å². The largest absolute Gasteiger partial charge is 0.358 e. The van der Waals surface area contributed by atoms with Gasteiger partial charge in [-0.25, -0.2) is 0 Å². The summed E-state index contributed by atoms with van der Waals surface area (Å²) in [4.78, 5) is 22.3. The topological polar surface area (TPSA) is 70.2 Å². The Morgan fingerprint density at radius 1 is 1.33 bits per heavy atom. The molecule has 0 aromatic heterocycles. The average Bonchev–Trinajstić information content (AvgIpc) is 2.25. The minimum atomic E-state index is -0.341. The minimum absolute atomic E-state index is 0.0702. The molecule has 15 heavy (non-hydrogen) atoms. The van der Waals surface area contributed by atoms with E-state index in [1.165, 1.54) is 0 Å². The maximum atomic E-state index is 11.2. The minimum Gasteiger partial charge on any atom is -0.358 e. The molecule has 0 aromatic rings. The highest BCUT2D eigenvalue weighted by Gasteiger charge is 2.11. The van der Waals surface area contributed by atoms with E-state index in [0.29, 0.717) is 6.54 Å². The molecule has 1 unspecified atom stereocenters. The summed E-state index contributed by atoms with van der Waals surface area (Å²) in [5.74, 6) is -0.185. The van der Waals surface area contributed by atoms with E-state index >= 15 is 0 Å². The number of carbonyl (C=O) groups excluding carboxylic acids is 2. The summed E-state index contributed by atoms with van der Waals surface area (Å²) in [5, 5.41) is 8.11. The van der Waals surface area contributed by atoms with Crippen molar-refractivity contribution in [2.45, 2.75) is 32.7 Å². The summed E-state index contributed by atoms with van der Waals surface area (Å²) < 4.78 is 0. The van der Waals surface area contributed by atoms with Crippen LogP contribution in [0.1, 0.15) is 26.7 Å². The fourth-order valence-electron chi connectivity index (χ4n) is 1.02. The normalized spacial score (nSPS) is 11.9. The Balaban J connectivity index is 3.57. The highest BCUT2D eigenvalue weighted by atomic mass is 16.2. The van der Waals surface area contributed by atoms with Crippen molar-refractivity contribution in [1.29, 1.82) is 0 Å². The molecule has 0 radical (unpaired) electrons. The standard InChI is InChI=1S/C10H21N3O2/c1-4-5-6-12-9(14)7-13-8(2)10(15)11-3/h8,13H,4-7H2,1-3H3,(H,11,15)(H,12,14). The van der Waals surface area contributed by atoms with Gasteiger partial charge in [0.25, 0.3) is 0 Å². The number of nitrogens with one attached hydrogen (secondary N) is 3. The Bertz CT molecular complexity index is 207. The van der Waals surface area contributed by atoms with E-state index in [0.717, 1.165) is 12.8 Å². The van der Waals surface area contributed by atoms with Gasteiger partial charge in [0.05, 0.1) is 12.6 Å². The quantitative estimate of drug-likeness (QED) is 0.507. The fraction of sp³-hybridized carbons (Fsp3) is 0.800. The van der Waals surface area contributed by atoms with E-state index in [9.17, 15) is 9.59 Å². The Kier molecular flexibility index (Phi) is 7.62. The molecule has 0 heterocycles. The number of hydrogen-bond donors (Lipinski definition) is 3. The van der Waals surface area contributed by atoms with Gasteiger partial charge in [-0.05, 0) is 13.3 Å². The smallest absolute Gasteiger partial charge is 0.236 e. The lowest BCUT2D eigenvalue weighted by atomic mass is 10.3. The predicted molar refractivity (Wildman–Crippen MR) is 59.4 cm³/mol. The van der Waals surface area contributed by atoms with Gasteiger partial charge in [0, 0.05) is 13.6 Å². The Morgan fingerprint density at radius 2 is 2.00 bits per heavy atom. The van der Waals surface area contributed by atoms with E-state index < -0.39 is 0 Å². The van der Waals surface area contributed by atoms with E-state index in [1.807, 2.05) is 0 Å². The molecular formula is C10H21N3O2. The third kappa shape index (κ3) is 6.90. The van der Waals surface area contributed by atoms with Gasteiger partial charge in [-0.3, -0.25) is 14.9 Å². The van der Waals surface area contributed by atoms with Crippen LogP contribution >= 0.6 is 0 Å². The first kappa shape index (κ1) is 13.9. The fourth-order valence-corrected chi connectivity index (χ4v) is 1.02. The Hall–Kier alpha value is -1.10. The third-order valence-corrected chi connectivity index (χ3v) is 2.06. The van der Waals surface area contributed by atoms with Crippen LogP contribution in [0.5, 0.6) is 0 Å². The second kappa shape index (κ2) is 8.23. The number of likely N-dealkylation sites (N-methyl/N-ethyl adjacent to an activating group) is 1. The highest BCUT2D eigenvalue weighted by molar-refractivity contribution is 5.83. The summed E-state index contributed by atoms with van der Waals surface area (Å²) in [6.07, 6.45) is 2.04. The maximum absolute atomic E-state index is 11.2. The zero-order valence-electron chi connectivity index (χ0n) is 9.72. The van der Waals surface area contributed by atoms with Crippen LogP contribution in [-0.2, 0) is 9.59 Å². The molecule has 88 valence electrons. The lowest BCUT2D eigenvalue weighted by Gasteiger charge is -2.11. The maximum Gasteiger partial charge on any atom is 0.236 e. The molecule has 0 saturated carbocycles. The molecule has 0 rings (SSSR count). The van der Waals surface area contributed by atoms with Crippen molar-refractivity contribution in [2.24, 2.45) is 0 Å². The number of carbonyl (C=O) groups is 2. The van der Waals surface area contributed by atoms with Gasteiger partial charge in [-0.2, -0.15) is 0 Å². The van der Waals surface area contributed by atoms with Crippen LogP contribution in [0.2, 0.25) is 0 Å². The molecule has 0 aliphatic carbocycles. The van der Waals surface area contributed by atoms with Gasteiger partial charge in [-0.1, -0.05) is 13.3 Å². The van der Waals surface area contributed by atoms with Crippen molar-refractivity contribution in [3.63, 3.8) is 0 Å². The number of unbranched alkanes of at least 4 members (excludes halogenated alkanes) is 1. The zero-order chi connectivity index (χ0) is 11.7. The van der Waals surface area contributed by atoms with E-state index in [1.54, 1.807) is 14.0 Å². The number of amides is 2. The second-order valence-corrected chi connectivity index (χ2v) is 3.42. The molecule has 0 aromatic carbocycles. The number of rotatable bonds is 7. The van der Waals surface area contributed by atoms with Crippen LogP contribution in [0, 0.1) is 0 Å². The van der Waals surface area contributed by atoms with Gasteiger partial charge >= 0.3 is 0 Å². The van der Waals surface area contributed by atoms with Crippen molar-refractivity contribution in [2.75, 3.05) is 20.1 Å². The predicted octanol–water partition coefficient (Wildman–Crippen LogP) is -0.373. The van der Waals surface area contributed by atoms with Crippen LogP contribution in [0.3, 0.4) is 0 Å². The molecule has 5 nitrogen and oxygen atoms in total. The van der Waals surface area contributed by atoms with Crippen LogP contribution in [-0.4, -0.2) is 38.0 Å². The van der Waals surface area contributed by atoms with Crippen molar-refractivity contribution in [3.05, 3.63) is 0 Å². The molecular weight excluding hydrogens is 194 g/mol. The molecule has 3 N–H and O–H groups in total. The molecule has 0 fully saturated rings. The van der Waals surface area contributed by atoms with Crippen molar-refractivity contribution in [3.8, 4) is 0 Å². The van der Waals surface area contributed by atoms with Crippen LogP contribution < -0.4 is 16.0 Å². The van der Waals surface area contributed by atoms with Crippen LogP contribution in [0.4, 0.5) is 0 Å². The first-order valence-electron chi connectivity index (χ1n) is 5.33. The molecule has 0 aliphatic heterocycles. The third-order valence-electron chi connectivity index (χ3n) is 2.06. The summed E-state index contributed by atoms with van der Waals surface area (Å²) >= 11 is 0. The monoisotopic (exact) mass is 215 g/mol. The first-order valence-corrected chi connectivity index (χ1v) is 5.33. The van der Waals surface area contributed by atoms with Crippen LogP contribution in [0.15, 0.2) is 0 Å². The highest BCUT2D eigenvalue weighted by Crippen LogP contribution is 1.83. The SMILES string of the molecule is CCCCNC(=O)CNC(C)C(=O)NC. The second-order valence-electron chi connectivity index (χ2n) is 3.42. The molecule has 0 bridgehead atoms. The van der Waals surface area contributed by atoms with Crippen LogP contribution in [0.25, 0.3) is 0 Å². The lowest BCUT2D eigenvalue weighted by Crippen LogP contribution is -2.45. The molecule has 1 atom stereocenters. The van der Waals surface area contributed by atoms with Crippen molar-refractivity contribution >= 4 is 11.8 Å². The van der Waals surface area contributed by atoms with E-state index in [4.69, 9.17) is 0 Å². The molecule has 0 spiro atoms. The summed E-state index contributed by atoms with van der Waals surface area (Å²) in [5.41, 5.74) is 0. The van der Waals surface area contributed by atoms with E-state index in [-0.39, 0.29) is 24.4 Å². The Labute approximate surface area is 91.0 Å². The molecule has 2 amide bonds. The van der Waals surface area contributed by atoms with Gasteiger partial charge in [-0.15, -0.1) is 0 Å². The summed E-state index contributed by atoms with van der Waals surface area (Å²) in [6.45, 7) is 4.67. The molecule has 0 aliphatic rings. The number of hydrogen-bond acceptors (Lipinski definition) is 3. The van der Waals surface area contributed by atoms with Crippen molar-refractivity contribution < 1.29 is 9.59 Å². The Morgan fingerprint density at radius 3 is 2.53 bits per heavy atom. The van der Waals surface area contributed by atoms with Gasteiger partial charge in [0.2, 0.25) is 11.8 Å². The van der Waals surface area contributed by atoms with Gasteiger partial charge in [0.1, 0.15) is 0 Å². The van der Waals surface area contributed by atoms with Gasteiger partial charge in [0.15, 0.2) is 0 Å².